The maximum absolute atomic E-state index is 10.3. The first kappa shape index (κ1) is 15.5. The number of unbranched alkanes of at least 4 members (excludes halogenated alkanes) is 7. The van der Waals surface area contributed by atoms with Crippen molar-refractivity contribution < 1.29 is 14.6 Å². The second kappa shape index (κ2) is 10.4. The first-order valence-electron chi connectivity index (χ1n) is 7.62. The van der Waals surface area contributed by atoms with Gasteiger partial charge in [0.2, 0.25) is 0 Å². The van der Waals surface area contributed by atoms with Crippen LogP contribution in [0.5, 0.6) is 0 Å². The summed E-state index contributed by atoms with van der Waals surface area (Å²) >= 11 is 0. The quantitative estimate of drug-likeness (QED) is 0.565. The largest absolute Gasteiger partial charge is 0.481 e. The summed E-state index contributed by atoms with van der Waals surface area (Å²) in [5, 5.41) is 8.49. The van der Waals surface area contributed by atoms with Gasteiger partial charge in [0, 0.05) is 13.0 Å². The molecule has 0 saturated carbocycles. The van der Waals surface area contributed by atoms with Crippen LogP contribution in [0.25, 0.3) is 0 Å². The molecule has 0 aromatic heterocycles. The first-order valence-corrected chi connectivity index (χ1v) is 7.62. The molecule has 3 nitrogen and oxygen atoms in total. The molecule has 0 amide bonds. The van der Waals surface area contributed by atoms with Gasteiger partial charge in [0.05, 0.1) is 6.10 Å². The average molecular weight is 256 g/mol. The van der Waals surface area contributed by atoms with Crippen molar-refractivity contribution >= 4 is 5.97 Å². The molecule has 1 fully saturated rings. The van der Waals surface area contributed by atoms with Crippen LogP contribution in [0.3, 0.4) is 0 Å². The van der Waals surface area contributed by atoms with Crippen LogP contribution in [0, 0.1) is 0 Å². The number of hydrogen-bond acceptors (Lipinski definition) is 2. The van der Waals surface area contributed by atoms with Crippen LogP contribution in [0.15, 0.2) is 0 Å². The number of rotatable bonds is 11. The zero-order valence-electron chi connectivity index (χ0n) is 11.5. The number of carboxylic acids is 1. The van der Waals surface area contributed by atoms with Crippen molar-refractivity contribution in [2.45, 2.75) is 83.2 Å². The summed E-state index contributed by atoms with van der Waals surface area (Å²) in [6, 6.07) is 0. The fourth-order valence-electron chi connectivity index (χ4n) is 2.58. The van der Waals surface area contributed by atoms with E-state index in [1.807, 2.05) is 0 Å². The lowest BCUT2D eigenvalue weighted by molar-refractivity contribution is -0.137. The van der Waals surface area contributed by atoms with E-state index in [9.17, 15) is 4.79 Å². The third-order valence-electron chi connectivity index (χ3n) is 3.69. The Bertz CT molecular complexity index is 210. The standard InChI is InChI=1S/C15H28O3/c16-15(17)12-8-6-4-2-1-3-5-7-10-14-11-9-13-18-14/h14H,1-13H2,(H,16,17)/t14-/m0/s1. The van der Waals surface area contributed by atoms with Gasteiger partial charge in [0.25, 0.3) is 0 Å². The van der Waals surface area contributed by atoms with E-state index in [1.54, 1.807) is 0 Å². The second-order valence-electron chi connectivity index (χ2n) is 5.40. The number of carbonyl (C=O) groups is 1. The van der Waals surface area contributed by atoms with Gasteiger partial charge < -0.3 is 9.84 Å². The maximum Gasteiger partial charge on any atom is 0.303 e. The summed E-state index contributed by atoms with van der Waals surface area (Å²) in [6.45, 7) is 0.973. The first-order chi connectivity index (χ1) is 8.79. The van der Waals surface area contributed by atoms with Gasteiger partial charge in [-0.25, -0.2) is 0 Å². The molecule has 3 heteroatoms. The molecule has 1 rings (SSSR count). The zero-order chi connectivity index (χ0) is 13.1. The Hall–Kier alpha value is -0.570. The Labute approximate surface area is 111 Å². The third kappa shape index (κ3) is 8.51. The van der Waals surface area contributed by atoms with Gasteiger partial charge in [-0.2, -0.15) is 0 Å². The molecule has 0 aromatic carbocycles. The van der Waals surface area contributed by atoms with Crippen LogP contribution in [0.4, 0.5) is 0 Å². The Morgan fingerprint density at radius 3 is 2.17 bits per heavy atom. The topological polar surface area (TPSA) is 46.5 Å². The van der Waals surface area contributed by atoms with Crippen molar-refractivity contribution in [3.8, 4) is 0 Å². The highest BCUT2D eigenvalue weighted by atomic mass is 16.5. The fourth-order valence-corrected chi connectivity index (χ4v) is 2.58. The molecule has 0 aromatic rings. The Kier molecular flexibility index (Phi) is 8.92. The molecule has 1 saturated heterocycles. The van der Waals surface area contributed by atoms with Crippen molar-refractivity contribution in [3.63, 3.8) is 0 Å². The molecule has 0 aliphatic carbocycles. The number of aliphatic carboxylic acids is 1. The molecule has 0 bridgehead atoms. The normalized spacial score (nSPS) is 19.2. The molecule has 18 heavy (non-hydrogen) atoms. The highest BCUT2D eigenvalue weighted by molar-refractivity contribution is 5.66. The van der Waals surface area contributed by atoms with E-state index in [-0.39, 0.29) is 0 Å². The summed E-state index contributed by atoms with van der Waals surface area (Å²) in [5.41, 5.74) is 0. The Morgan fingerprint density at radius 1 is 1.00 bits per heavy atom. The van der Waals surface area contributed by atoms with Crippen LogP contribution in [-0.2, 0) is 9.53 Å². The van der Waals surface area contributed by atoms with E-state index in [4.69, 9.17) is 9.84 Å². The highest BCUT2D eigenvalue weighted by Crippen LogP contribution is 2.19. The van der Waals surface area contributed by atoms with Crippen molar-refractivity contribution in [1.82, 2.24) is 0 Å². The van der Waals surface area contributed by atoms with Crippen molar-refractivity contribution in [2.75, 3.05) is 6.61 Å². The molecule has 0 spiro atoms. The van der Waals surface area contributed by atoms with Gasteiger partial charge in [-0.3, -0.25) is 4.79 Å². The predicted molar refractivity (Wildman–Crippen MR) is 72.8 cm³/mol. The smallest absolute Gasteiger partial charge is 0.303 e. The zero-order valence-corrected chi connectivity index (χ0v) is 11.5. The van der Waals surface area contributed by atoms with E-state index in [0.29, 0.717) is 12.5 Å². The van der Waals surface area contributed by atoms with Crippen molar-refractivity contribution in [1.29, 1.82) is 0 Å². The Balaban J connectivity index is 1.72. The number of carboxylic acid groups (broad SMARTS) is 1. The van der Waals surface area contributed by atoms with Crippen molar-refractivity contribution in [3.05, 3.63) is 0 Å². The van der Waals surface area contributed by atoms with Crippen LogP contribution >= 0.6 is 0 Å². The fraction of sp³-hybridized carbons (Fsp3) is 0.933. The van der Waals surface area contributed by atoms with Crippen molar-refractivity contribution in [2.24, 2.45) is 0 Å². The second-order valence-corrected chi connectivity index (χ2v) is 5.40. The third-order valence-corrected chi connectivity index (χ3v) is 3.69. The van der Waals surface area contributed by atoms with E-state index in [2.05, 4.69) is 0 Å². The van der Waals surface area contributed by atoms with Gasteiger partial charge in [-0.15, -0.1) is 0 Å². The number of ether oxygens (including phenoxy) is 1. The Morgan fingerprint density at radius 2 is 1.61 bits per heavy atom. The van der Waals surface area contributed by atoms with Crippen LogP contribution in [0.2, 0.25) is 0 Å². The molecule has 1 aliphatic rings. The van der Waals surface area contributed by atoms with E-state index in [1.165, 1.54) is 57.8 Å². The molecule has 1 atom stereocenters. The van der Waals surface area contributed by atoms with Crippen LogP contribution in [-0.4, -0.2) is 23.8 Å². The highest BCUT2D eigenvalue weighted by Gasteiger charge is 2.14. The lowest BCUT2D eigenvalue weighted by atomic mass is 10.0. The summed E-state index contributed by atoms with van der Waals surface area (Å²) in [6.07, 6.45) is 14.3. The van der Waals surface area contributed by atoms with Crippen LogP contribution < -0.4 is 0 Å². The SMILES string of the molecule is O=C(O)CCCCCCCCCC[C@H]1CCCO1. The monoisotopic (exact) mass is 256 g/mol. The summed E-state index contributed by atoms with van der Waals surface area (Å²) in [7, 11) is 0. The molecule has 0 unspecified atom stereocenters. The van der Waals surface area contributed by atoms with Gasteiger partial charge >= 0.3 is 5.97 Å². The summed E-state index contributed by atoms with van der Waals surface area (Å²) < 4.78 is 5.60. The van der Waals surface area contributed by atoms with Gasteiger partial charge in [-0.05, 0) is 25.7 Å². The van der Waals surface area contributed by atoms with Crippen LogP contribution in [0.1, 0.15) is 77.0 Å². The predicted octanol–water partition coefficient (Wildman–Crippen LogP) is 4.15. The average Bonchev–Trinajstić information content (AvgIpc) is 2.84. The lowest BCUT2D eigenvalue weighted by Gasteiger charge is -2.08. The molecule has 1 aliphatic heterocycles. The molecular weight excluding hydrogens is 228 g/mol. The molecular formula is C15H28O3. The summed E-state index contributed by atoms with van der Waals surface area (Å²) in [4.78, 5) is 10.3. The van der Waals surface area contributed by atoms with E-state index < -0.39 is 5.97 Å². The van der Waals surface area contributed by atoms with Gasteiger partial charge in [0.1, 0.15) is 0 Å². The minimum Gasteiger partial charge on any atom is -0.481 e. The van der Waals surface area contributed by atoms with Gasteiger partial charge in [-0.1, -0.05) is 44.9 Å². The molecule has 1 N–H and O–H groups in total. The summed E-state index contributed by atoms with van der Waals surface area (Å²) in [5.74, 6) is -0.663. The van der Waals surface area contributed by atoms with E-state index >= 15 is 0 Å². The molecule has 0 radical (unpaired) electrons. The maximum atomic E-state index is 10.3. The number of hydrogen-bond donors (Lipinski definition) is 1. The lowest BCUT2D eigenvalue weighted by Crippen LogP contribution is -2.03. The van der Waals surface area contributed by atoms with Gasteiger partial charge in [0.15, 0.2) is 0 Å². The molecule has 106 valence electrons. The molecule has 1 heterocycles. The minimum atomic E-state index is -0.663. The van der Waals surface area contributed by atoms with E-state index in [0.717, 1.165) is 19.4 Å². The minimum absolute atomic E-state index is 0.335.